The minimum Gasteiger partial charge on any atom is -0.458 e. The first-order valence-corrected chi connectivity index (χ1v) is 22.1. The lowest BCUT2D eigenvalue weighted by atomic mass is 10.4. The Hall–Kier alpha value is 0.528. The molecule has 0 aromatic heterocycles. The largest absolute Gasteiger partial charge is 0.458 e. The van der Waals surface area contributed by atoms with Gasteiger partial charge >= 0.3 is 0 Å². The first-order valence-electron chi connectivity index (χ1n) is 9.47. The maximum Gasteiger partial charge on any atom is 0.176 e. The topological polar surface area (TPSA) is 18.5 Å². The van der Waals surface area contributed by atoms with Gasteiger partial charge in [0, 0.05) is 0 Å². The van der Waals surface area contributed by atoms with Gasteiger partial charge in [-0.15, -0.1) is 0 Å². The molecule has 0 aromatic carbocycles. The monoisotopic (exact) mass is 408 g/mol. The number of hydrogen-bond donors (Lipinski definition) is 0. The molecule has 0 aliphatic heterocycles. The third-order valence-corrected chi connectivity index (χ3v) is 15.3. The van der Waals surface area contributed by atoms with Crippen LogP contribution >= 0.6 is 0 Å². The summed E-state index contributed by atoms with van der Waals surface area (Å²) in [5.41, 5.74) is 0.782. The second-order valence-electron chi connectivity index (χ2n) is 9.07. The van der Waals surface area contributed by atoms with E-state index in [1.807, 2.05) is 26.0 Å². The second-order valence-corrected chi connectivity index (χ2v) is 25.6. The summed E-state index contributed by atoms with van der Waals surface area (Å²) in [5, 5.41) is 0. The summed E-state index contributed by atoms with van der Waals surface area (Å²) in [4.78, 5) is 0. The molecule has 0 radical (unpaired) electrons. The molecule has 24 heavy (non-hydrogen) atoms. The fourth-order valence-electron chi connectivity index (χ4n) is 2.09. The van der Waals surface area contributed by atoms with Crippen molar-refractivity contribution < 1.29 is 8.23 Å². The van der Waals surface area contributed by atoms with Gasteiger partial charge in [-0.2, -0.15) is 0 Å². The zero-order valence-electron chi connectivity index (χ0n) is 19.3. The minimum absolute atomic E-state index is 0.734. The standard InChI is InChI=1S/C9H24OSi2.C5H16OSi2.C4H8/c1-8-9(2)12(6,7)10-11(3,4)5;1-7(2)6-8(3,4)5;1-3-4-2/h9H,8H2,1-7H3;7H,1-5H3;3-4H,1-2H3/b;;4-3-. The molecule has 0 amide bonds. The highest BCUT2D eigenvalue weighted by atomic mass is 28.4. The molecule has 0 aliphatic rings. The number of hydrogen-bond acceptors (Lipinski definition) is 2. The number of rotatable bonds is 6. The summed E-state index contributed by atoms with van der Waals surface area (Å²) in [5.74, 6) is 0. The zero-order chi connectivity index (χ0) is 20.2. The molecule has 0 aliphatic carbocycles. The van der Waals surface area contributed by atoms with Crippen molar-refractivity contribution in [3.05, 3.63) is 12.2 Å². The molecule has 0 heterocycles. The molecule has 148 valence electrons. The fourth-order valence-corrected chi connectivity index (χ4v) is 15.8. The van der Waals surface area contributed by atoms with Crippen molar-refractivity contribution in [3.8, 4) is 0 Å². The third-order valence-electron chi connectivity index (χ3n) is 3.29. The van der Waals surface area contributed by atoms with Crippen LogP contribution in [0.25, 0.3) is 0 Å². The van der Waals surface area contributed by atoms with E-state index in [1.165, 1.54) is 6.42 Å². The van der Waals surface area contributed by atoms with E-state index in [0.717, 1.165) is 5.54 Å². The van der Waals surface area contributed by atoms with Gasteiger partial charge in [-0.25, -0.2) is 0 Å². The Kier molecular flexibility index (Phi) is 16.7. The van der Waals surface area contributed by atoms with E-state index in [-0.39, 0.29) is 0 Å². The second kappa shape index (κ2) is 13.7. The van der Waals surface area contributed by atoms with Gasteiger partial charge in [0.25, 0.3) is 0 Å². The summed E-state index contributed by atoms with van der Waals surface area (Å²) in [6, 6.07) is 0. The molecule has 1 unspecified atom stereocenters. The van der Waals surface area contributed by atoms with Crippen LogP contribution in [0.1, 0.15) is 34.1 Å². The van der Waals surface area contributed by atoms with Gasteiger partial charge < -0.3 is 8.23 Å². The fraction of sp³-hybridized carbons (Fsp3) is 0.889. The van der Waals surface area contributed by atoms with Gasteiger partial charge in [0.15, 0.2) is 34.0 Å². The van der Waals surface area contributed by atoms with Gasteiger partial charge in [-0.1, -0.05) is 32.4 Å². The van der Waals surface area contributed by atoms with E-state index in [9.17, 15) is 0 Å². The highest BCUT2D eigenvalue weighted by molar-refractivity contribution is 6.84. The lowest BCUT2D eigenvalue weighted by Gasteiger charge is -2.35. The smallest absolute Gasteiger partial charge is 0.176 e. The van der Waals surface area contributed by atoms with E-state index < -0.39 is 34.0 Å². The van der Waals surface area contributed by atoms with E-state index in [1.54, 1.807) is 0 Å². The summed E-state index contributed by atoms with van der Waals surface area (Å²) in [6.45, 7) is 31.3. The van der Waals surface area contributed by atoms with Gasteiger partial charge in [0.05, 0.1) is 0 Å². The molecule has 0 N–H and O–H groups in total. The Morgan fingerprint density at radius 3 is 1.33 bits per heavy atom. The lowest BCUT2D eigenvalue weighted by Crippen LogP contribution is -2.44. The van der Waals surface area contributed by atoms with Crippen molar-refractivity contribution in [2.45, 2.75) is 105 Å². The lowest BCUT2D eigenvalue weighted by molar-refractivity contribution is 0.523. The van der Waals surface area contributed by atoms with Crippen LogP contribution in [0.3, 0.4) is 0 Å². The highest BCUT2D eigenvalue weighted by Gasteiger charge is 2.33. The van der Waals surface area contributed by atoms with Crippen LogP contribution in [0.15, 0.2) is 12.2 Å². The van der Waals surface area contributed by atoms with E-state index in [4.69, 9.17) is 8.23 Å². The summed E-state index contributed by atoms with van der Waals surface area (Å²) in [6.07, 6.45) is 5.25. The van der Waals surface area contributed by atoms with Crippen LogP contribution in [0.4, 0.5) is 0 Å². The van der Waals surface area contributed by atoms with Crippen LogP contribution in [0, 0.1) is 0 Å². The van der Waals surface area contributed by atoms with Crippen molar-refractivity contribution in [1.29, 1.82) is 0 Å². The summed E-state index contributed by atoms with van der Waals surface area (Å²) >= 11 is 0. The van der Waals surface area contributed by atoms with Crippen molar-refractivity contribution >= 4 is 34.0 Å². The Morgan fingerprint density at radius 1 is 0.833 bits per heavy atom. The Balaban J connectivity index is -0.000000316. The SMILES string of the molecule is C/C=C\C.CCC(C)[Si](C)(C)O[Si](C)(C)C.C[SiH](C)O[Si](C)(C)C. The van der Waals surface area contributed by atoms with Crippen LogP contribution < -0.4 is 0 Å². The molecular formula is C18H48O2Si4. The molecule has 0 spiro atoms. The summed E-state index contributed by atoms with van der Waals surface area (Å²) < 4.78 is 12.0. The molecule has 0 bridgehead atoms. The first kappa shape index (κ1) is 29.3. The van der Waals surface area contributed by atoms with Gasteiger partial charge in [-0.05, 0) is 84.9 Å². The van der Waals surface area contributed by atoms with E-state index >= 15 is 0 Å². The average molecular weight is 409 g/mol. The normalized spacial score (nSPS) is 14.0. The minimum atomic E-state index is -1.38. The van der Waals surface area contributed by atoms with Crippen molar-refractivity contribution in [2.75, 3.05) is 0 Å². The molecule has 2 nitrogen and oxygen atoms in total. The molecule has 0 saturated carbocycles. The Morgan fingerprint density at radius 2 is 1.21 bits per heavy atom. The zero-order valence-corrected chi connectivity index (χ0v) is 23.5. The van der Waals surface area contributed by atoms with Crippen molar-refractivity contribution in [1.82, 2.24) is 0 Å². The Bertz CT molecular complexity index is 312. The van der Waals surface area contributed by atoms with E-state index in [0.29, 0.717) is 0 Å². The molecule has 0 saturated heterocycles. The predicted octanol–water partition coefficient (Wildman–Crippen LogP) is 7.25. The van der Waals surface area contributed by atoms with Gasteiger partial charge in [-0.3, -0.25) is 0 Å². The maximum atomic E-state index is 6.26. The Labute approximate surface area is 159 Å². The van der Waals surface area contributed by atoms with Crippen LogP contribution in [0.5, 0.6) is 0 Å². The molecule has 6 heteroatoms. The van der Waals surface area contributed by atoms with Crippen LogP contribution in [-0.4, -0.2) is 34.0 Å². The van der Waals surface area contributed by atoms with E-state index in [2.05, 4.69) is 79.3 Å². The predicted molar refractivity (Wildman–Crippen MR) is 125 cm³/mol. The van der Waals surface area contributed by atoms with Crippen molar-refractivity contribution in [2.24, 2.45) is 0 Å². The molecule has 0 fully saturated rings. The quantitative estimate of drug-likeness (QED) is 0.340. The highest BCUT2D eigenvalue weighted by Crippen LogP contribution is 2.28. The summed E-state index contributed by atoms with van der Waals surface area (Å²) in [7, 11) is -4.58. The van der Waals surface area contributed by atoms with Crippen molar-refractivity contribution in [3.63, 3.8) is 0 Å². The maximum absolute atomic E-state index is 6.26. The molecular weight excluding hydrogens is 361 g/mol. The van der Waals surface area contributed by atoms with Crippen LogP contribution in [0.2, 0.25) is 71.0 Å². The number of allylic oxidation sites excluding steroid dienone is 2. The third kappa shape index (κ3) is 24.8. The molecule has 1 atom stereocenters. The van der Waals surface area contributed by atoms with Crippen LogP contribution in [-0.2, 0) is 8.23 Å². The van der Waals surface area contributed by atoms with Gasteiger partial charge in [0.2, 0.25) is 0 Å². The molecule has 0 rings (SSSR count). The molecule has 0 aromatic rings. The average Bonchev–Trinajstić information content (AvgIpc) is 2.32. The first-order chi connectivity index (χ1) is 10.5. The van der Waals surface area contributed by atoms with Gasteiger partial charge in [0.1, 0.15) is 0 Å².